The summed E-state index contributed by atoms with van der Waals surface area (Å²) in [6.45, 7) is 1.81. The van der Waals surface area contributed by atoms with Crippen molar-refractivity contribution in [3.63, 3.8) is 0 Å². The summed E-state index contributed by atoms with van der Waals surface area (Å²) >= 11 is 0. The van der Waals surface area contributed by atoms with Crippen LogP contribution in [0, 0.1) is 4.91 Å². The van der Waals surface area contributed by atoms with Crippen LogP contribution in [0.1, 0.15) is 19.8 Å². The zero-order valence-electron chi connectivity index (χ0n) is 8.19. The molecular weight excluding hydrogens is 190 g/mol. The van der Waals surface area contributed by atoms with Crippen LogP contribution in [0.15, 0.2) is 5.18 Å². The zero-order valence-corrected chi connectivity index (χ0v) is 8.19. The third kappa shape index (κ3) is 4.54. The maximum Gasteiger partial charge on any atom is 0.334 e. The highest BCUT2D eigenvalue weighted by Crippen LogP contribution is 2.05. The van der Waals surface area contributed by atoms with Gasteiger partial charge in [0.15, 0.2) is 6.04 Å². The van der Waals surface area contributed by atoms with E-state index in [1.165, 1.54) is 7.11 Å². The molecule has 0 aromatic heterocycles. The maximum atomic E-state index is 11.0. The average molecular weight is 203 g/mol. The molecule has 0 aromatic carbocycles. The SMILES string of the molecule is CCOC(=O)C(CCC(=O)OC)N=O. The van der Waals surface area contributed by atoms with E-state index in [0.29, 0.717) is 0 Å². The number of ether oxygens (including phenoxy) is 2. The van der Waals surface area contributed by atoms with Crippen LogP contribution in [0.25, 0.3) is 0 Å². The highest BCUT2D eigenvalue weighted by Gasteiger charge is 2.21. The number of esters is 2. The fraction of sp³-hybridized carbons (Fsp3) is 0.750. The summed E-state index contributed by atoms with van der Waals surface area (Å²) in [4.78, 5) is 31.9. The number of carbonyl (C=O) groups excluding carboxylic acids is 2. The van der Waals surface area contributed by atoms with Crippen LogP contribution in [-0.4, -0.2) is 31.7 Å². The molecule has 6 nitrogen and oxygen atoms in total. The van der Waals surface area contributed by atoms with Crippen LogP contribution in [-0.2, 0) is 19.1 Å². The number of hydrogen-bond acceptors (Lipinski definition) is 6. The van der Waals surface area contributed by atoms with Gasteiger partial charge >= 0.3 is 11.9 Å². The van der Waals surface area contributed by atoms with E-state index in [0.717, 1.165) is 0 Å². The van der Waals surface area contributed by atoms with Gasteiger partial charge in [-0.25, -0.2) is 4.79 Å². The van der Waals surface area contributed by atoms with Crippen molar-refractivity contribution in [3.05, 3.63) is 4.91 Å². The van der Waals surface area contributed by atoms with Crippen molar-refractivity contribution in [1.29, 1.82) is 0 Å². The molecule has 0 amide bonds. The summed E-state index contributed by atoms with van der Waals surface area (Å²) in [5.41, 5.74) is 0. The number of methoxy groups -OCH3 is 1. The monoisotopic (exact) mass is 203 g/mol. The Morgan fingerprint density at radius 2 is 2.07 bits per heavy atom. The molecular formula is C8H13NO5. The molecule has 0 fully saturated rings. The molecule has 0 aromatic rings. The number of carbonyl (C=O) groups is 2. The molecule has 0 saturated carbocycles. The van der Waals surface area contributed by atoms with E-state index in [-0.39, 0.29) is 19.4 Å². The molecule has 0 N–H and O–H groups in total. The van der Waals surface area contributed by atoms with Crippen molar-refractivity contribution in [3.8, 4) is 0 Å². The number of nitrogens with zero attached hydrogens (tertiary/aromatic N) is 1. The van der Waals surface area contributed by atoms with Crippen molar-refractivity contribution in [1.82, 2.24) is 0 Å². The lowest BCUT2D eigenvalue weighted by molar-refractivity contribution is -0.145. The average Bonchev–Trinajstić information content (AvgIpc) is 2.18. The van der Waals surface area contributed by atoms with Gasteiger partial charge in [-0.2, -0.15) is 0 Å². The molecule has 0 heterocycles. The number of rotatable bonds is 6. The Bertz CT molecular complexity index is 216. The molecule has 0 aliphatic heterocycles. The van der Waals surface area contributed by atoms with Crippen molar-refractivity contribution in [2.24, 2.45) is 5.18 Å². The van der Waals surface area contributed by atoms with Gasteiger partial charge in [0.2, 0.25) is 0 Å². The van der Waals surface area contributed by atoms with Crippen LogP contribution >= 0.6 is 0 Å². The van der Waals surface area contributed by atoms with Crippen molar-refractivity contribution in [2.75, 3.05) is 13.7 Å². The molecule has 14 heavy (non-hydrogen) atoms. The Balaban J connectivity index is 3.96. The quantitative estimate of drug-likeness (QED) is 0.467. The second-order valence-corrected chi connectivity index (χ2v) is 2.49. The van der Waals surface area contributed by atoms with Gasteiger partial charge in [-0.3, -0.25) is 4.79 Å². The molecule has 0 saturated heterocycles. The highest BCUT2D eigenvalue weighted by molar-refractivity contribution is 5.77. The standard InChI is InChI=1S/C8H13NO5/c1-3-14-8(11)6(9-12)4-5-7(10)13-2/h6H,3-5H2,1-2H3. The highest BCUT2D eigenvalue weighted by atomic mass is 16.5. The van der Waals surface area contributed by atoms with Gasteiger partial charge in [0.1, 0.15) is 0 Å². The van der Waals surface area contributed by atoms with Gasteiger partial charge in [-0.05, 0) is 13.3 Å². The normalized spacial score (nSPS) is 11.6. The lowest BCUT2D eigenvalue weighted by atomic mass is 10.2. The zero-order chi connectivity index (χ0) is 11.0. The summed E-state index contributed by atoms with van der Waals surface area (Å²) in [5.74, 6) is -1.19. The Kier molecular flexibility index (Phi) is 6.26. The van der Waals surface area contributed by atoms with Crippen LogP contribution in [0.4, 0.5) is 0 Å². The Labute approximate surface area is 81.5 Å². The van der Waals surface area contributed by atoms with E-state index in [1.807, 2.05) is 0 Å². The first-order valence-electron chi connectivity index (χ1n) is 4.21. The molecule has 80 valence electrons. The second kappa shape index (κ2) is 6.99. The fourth-order valence-corrected chi connectivity index (χ4v) is 0.809. The first kappa shape index (κ1) is 12.5. The number of nitroso groups, excluding NO2 is 1. The van der Waals surface area contributed by atoms with Crippen molar-refractivity contribution >= 4 is 11.9 Å². The third-order valence-electron chi connectivity index (χ3n) is 1.54. The Morgan fingerprint density at radius 1 is 1.43 bits per heavy atom. The summed E-state index contributed by atoms with van der Waals surface area (Å²) in [6, 6.07) is -1.12. The van der Waals surface area contributed by atoms with E-state index in [9.17, 15) is 14.5 Å². The lowest BCUT2D eigenvalue weighted by Crippen LogP contribution is -2.22. The fourth-order valence-electron chi connectivity index (χ4n) is 0.809. The van der Waals surface area contributed by atoms with Crippen LogP contribution in [0.2, 0.25) is 0 Å². The first-order valence-corrected chi connectivity index (χ1v) is 4.21. The maximum absolute atomic E-state index is 11.0. The van der Waals surface area contributed by atoms with E-state index in [2.05, 4.69) is 14.7 Å². The lowest BCUT2D eigenvalue weighted by Gasteiger charge is -2.06. The molecule has 0 radical (unpaired) electrons. The van der Waals surface area contributed by atoms with Gasteiger partial charge in [-0.15, -0.1) is 4.91 Å². The smallest absolute Gasteiger partial charge is 0.334 e. The summed E-state index contributed by atoms with van der Waals surface area (Å²) in [7, 11) is 1.23. The van der Waals surface area contributed by atoms with Crippen LogP contribution in [0.5, 0.6) is 0 Å². The Hall–Kier alpha value is -1.46. The first-order chi connectivity index (χ1) is 6.65. The number of hydrogen-bond donors (Lipinski definition) is 0. The predicted molar refractivity (Wildman–Crippen MR) is 47.5 cm³/mol. The van der Waals surface area contributed by atoms with E-state index in [1.54, 1.807) is 6.92 Å². The summed E-state index contributed by atoms with van der Waals surface area (Å²) in [5, 5.41) is 2.58. The van der Waals surface area contributed by atoms with Crippen molar-refractivity contribution < 1.29 is 19.1 Å². The molecule has 6 heteroatoms. The van der Waals surface area contributed by atoms with Gasteiger partial charge in [-0.1, -0.05) is 5.18 Å². The van der Waals surface area contributed by atoms with E-state index >= 15 is 0 Å². The summed E-state index contributed by atoms with van der Waals surface area (Å²) in [6.07, 6.45) is 0.000722. The molecule has 0 aliphatic carbocycles. The topological polar surface area (TPSA) is 82.0 Å². The predicted octanol–water partition coefficient (Wildman–Crippen LogP) is 0.638. The van der Waals surface area contributed by atoms with Gasteiger partial charge < -0.3 is 9.47 Å². The van der Waals surface area contributed by atoms with Crippen LogP contribution < -0.4 is 0 Å². The van der Waals surface area contributed by atoms with Crippen molar-refractivity contribution in [2.45, 2.75) is 25.8 Å². The van der Waals surface area contributed by atoms with Crippen LogP contribution in [0.3, 0.4) is 0 Å². The molecule has 1 unspecified atom stereocenters. The molecule has 0 rings (SSSR count). The van der Waals surface area contributed by atoms with Gasteiger partial charge in [0.05, 0.1) is 13.7 Å². The van der Waals surface area contributed by atoms with Gasteiger partial charge in [0, 0.05) is 6.42 Å². The van der Waals surface area contributed by atoms with Gasteiger partial charge in [0.25, 0.3) is 0 Å². The molecule has 0 bridgehead atoms. The minimum Gasteiger partial charge on any atom is -0.469 e. The molecule has 0 spiro atoms. The van der Waals surface area contributed by atoms with E-state index in [4.69, 9.17) is 0 Å². The third-order valence-corrected chi connectivity index (χ3v) is 1.54. The molecule has 1 atom stereocenters. The second-order valence-electron chi connectivity index (χ2n) is 2.49. The minimum atomic E-state index is -1.12. The molecule has 0 aliphatic rings. The summed E-state index contributed by atoms with van der Waals surface area (Å²) < 4.78 is 8.93. The Morgan fingerprint density at radius 3 is 2.50 bits per heavy atom. The largest absolute Gasteiger partial charge is 0.469 e. The van der Waals surface area contributed by atoms with E-state index < -0.39 is 18.0 Å². The minimum absolute atomic E-state index is 0.0221.